The fourth-order valence-electron chi connectivity index (χ4n) is 2.18. The maximum Gasteiger partial charge on any atom is 0.0474 e. The van der Waals surface area contributed by atoms with Crippen LogP contribution in [0.15, 0.2) is 6.07 Å². The molecule has 0 radical (unpaired) electrons. The van der Waals surface area contributed by atoms with Gasteiger partial charge in [-0.3, -0.25) is 0 Å². The second kappa shape index (κ2) is 7.51. The summed E-state index contributed by atoms with van der Waals surface area (Å²) in [5, 5.41) is 3.47. The van der Waals surface area contributed by atoms with Gasteiger partial charge in [0.25, 0.3) is 0 Å². The average Bonchev–Trinajstić information content (AvgIpc) is 2.57. The first-order valence-corrected chi connectivity index (χ1v) is 6.56. The van der Waals surface area contributed by atoms with Crippen molar-refractivity contribution in [3.05, 3.63) is 23.0 Å². The molecule has 0 aliphatic rings. The number of aryl methyl sites for hydroxylation is 1. The van der Waals surface area contributed by atoms with Crippen molar-refractivity contribution >= 4 is 0 Å². The number of hydrogen-bond acceptors (Lipinski definition) is 2. The van der Waals surface area contributed by atoms with Gasteiger partial charge in [0.1, 0.15) is 0 Å². The fraction of sp³-hybridized carbons (Fsp3) is 0.714. The van der Waals surface area contributed by atoms with Crippen LogP contribution in [0.4, 0.5) is 0 Å². The Morgan fingerprint density at radius 2 is 2.12 bits per heavy atom. The average molecular weight is 238 g/mol. The van der Waals surface area contributed by atoms with E-state index < -0.39 is 0 Å². The molecule has 0 bridgehead atoms. The van der Waals surface area contributed by atoms with E-state index in [0.29, 0.717) is 0 Å². The number of aromatic nitrogens is 1. The van der Waals surface area contributed by atoms with Gasteiger partial charge in [0.15, 0.2) is 0 Å². The van der Waals surface area contributed by atoms with Crippen molar-refractivity contribution in [2.75, 3.05) is 20.3 Å². The van der Waals surface area contributed by atoms with Crippen molar-refractivity contribution in [2.45, 2.75) is 46.7 Å². The van der Waals surface area contributed by atoms with E-state index in [1.807, 2.05) is 0 Å². The minimum absolute atomic E-state index is 0.835. The van der Waals surface area contributed by atoms with Crippen molar-refractivity contribution in [3.63, 3.8) is 0 Å². The van der Waals surface area contributed by atoms with Gasteiger partial charge in [0.2, 0.25) is 0 Å². The van der Waals surface area contributed by atoms with Crippen LogP contribution in [0.25, 0.3) is 0 Å². The van der Waals surface area contributed by atoms with E-state index in [0.717, 1.165) is 32.7 Å². The van der Waals surface area contributed by atoms with Gasteiger partial charge in [-0.25, -0.2) is 0 Å². The van der Waals surface area contributed by atoms with Gasteiger partial charge in [-0.1, -0.05) is 6.92 Å². The maximum atomic E-state index is 5.03. The van der Waals surface area contributed by atoms with Crippen molar-refractivity contribution < 1.29 is 4.74 Å². The Morgan fingerprint density at radius 3 is 2.76 bits per heavy atom. The van der Waals surface area contributed by atoms with Crippen molar-refractivity contribution in [1.29, 1.82) is 0 Å². The quantitative estimate of drug-likeness (QED) is 0.705. The van der Waals surface area contributed by atoms with Gasteiger partial charge in [-0.2, -0.15) is 0 Å². The molecule has 0 atom stereocenters. The van der Waals surface area contributed by atoms with Gasteiger partial charge in [0.05, 0.1) is 0 Å². The molecule has 0 amide bonds. The third-order valence-corrected chi connectivity index (χ3v) is 3.14. The van der Waals surface area contributed by atoms with E-state index in [4.69, 9.17) is 4.74 Å². The van der Waals surface area contributed by atoms with E-state index in [1.165, 1.54) is 23.4 Å². The Labute approximate surface area is 105 Å². The molecule has 0 aromatic carbocycles. The van der Waals surface area contributed by atoms with E-state index >= 15 is 0 Å². The third kappa shape index (κ3) is 4.17. The number of methoxy groups -OCH3 is 1. The van der Waals surface area contributed by atoms with E-state index in [-0.39, 0.29) is 0 Å². The first-order valence-electron chi connectivity index (χ1n) is 6.56. The highest BCUT2D eigenvalue weighted by atomic mass is 16.5. The lowest BCUT2D eigenvalue weighted by molar-refractivity contribution is 0.194. The summed E-state index contributed by atoms with van der Waals surface area (Å²) in [6, 6.07) is 2.30. The van der Waals surface area contributed by atoms with Crippen LogP contribution in [0, 0.1) is 13.8 Å². The molecule has 0 saturated heterocycles. The lowest BCUT2D eigenvalue weighted by atomic mass is 10.2. The molecule has 1 N–H and O–H groups in total. The normalized spacial score (nSPS) is 11.1. The molecule has 1 aromatic rings. The summed E-state index contributed by atoms with van der Waals surface area (Å²) < 4.78 is 7.44. The smallest absolute Gasteiger partial charge is 0.0474 e. The van der Waals surface area contributed by atoms with Crippen LogP contribution in [0.3, 0.4) is 0 Å². The summed E-state index contributed by atoms with van der Waals surface area (Å²) in [5.41, 5.74) is 4.20. The Balaban J connectivity index is 2.45. The van der Waals surface area contributed by atoms with E-state index in [1.54, 1.807) is 7.11 Å². The van der Waals surface area contributed by atoms with Gasteiger partial charge >= 0.3 is 0 Å². The van der Waals surface area contributed by atoms with Gasteiger partial charge < -0.3 is 14.6 Å². The highest BCUT2D eigenvalue weighted by Gasteiger charge is 2.07. The van der Waals surface area contributed by atoms with Crippen LogP contribution in [0.5, 0.6) is 0 Å². The van der Waals surface area contributed by atoms with Crippen molar-refractivity contribution in [2.24, 2.45) is 0 Å². The highest BCUT2D eigenvalue weighted by molar-refractivity contribution is 5.26. The van der Waals surface area contributed by atoms with Crippen LogP contribution in [-0.4, -0.2) is 24.8 Å². The topological polar surface area (TPSA) is 26.2 Å². The molecule has 3 nitrogen and oxygen atoms in total. The molecule has 0 unspecified atom stereocenters. The molecule has 98 valence electrons. The largest absolute Gasteiger partial charge is 0.385 e. The minimum atomic E-state index is 0.835. The SMILES string of the molecule is CCCn1c(C)cc(CNCCCOC)c1C. The molecule has 1 rings (SSSR count). The summed E-state index contributed by atoms with van der Waals surface area (Å²) in [6.07, 6.45) is 2.27. The van der Waals surface area contributed by atoms with Crippen LogP contribution >= 0.6 is 0 Å². The predicted molar refractivity (Wildman–Crippen MR) is 72.4 cm³/mol. The number of rotatable bonds is 8. The summed E-state index contributed by atoms with van der Waals surface area (Å²) in [7, 11) is 1.75. The zero-order valence-electron chi connectivity index (χ0n) is 11.7. The summed E-state index contributed by atoms with van der Waals surface area (Å²) in [4.78, 5) is 0. The monoisotopic (exact) mass is 238 g/mol. The number of ether oxygens (including phenoxy) is 1. The fourth-order valence-corrected chi connectivity index (χ4v) is 2.18. The van der Waals surface area contributed by atoms with Crippen LogP contribution < -0.4 is 5.32 Å². The highest BCUT2D eigenvalue weighted by Crippen LogP contribution is 2.15. The molecule has 17 heavy (non-hydrogen) atoms. The second-order valence-electron chi connectivity index (χ2n) is 4.57. The molecule has 3 heteroatoms. The molecule has 0 fully saturated rings. The lowest BCUT2D eigenvalue weighted by Gasteiger charge is -2.08. The van der Waals surface area contributed by atoms with E-state index in [9.17, 15) is 0 Å². The Kier molecular flexibility index (Phi) is 6.30. The Hall–Kier alpha value is -0.800. The van der Waals surface area contributed by atoms with Crippen molar-refractivity contribution in [1.82, 2.24) is 9.88 Å². The van der Waals surface area contributed by atoms with Crippen LogP contribution in [-0.2, 0) is 17.8 Å². The minimum Gasteiger partial charge on any atom is -0.385 e. The zero-order chi connectivity index (χ0) is 12.7. The standard InChI is InChI=1S/C14H26N2O/c1-5-8-16-12(2)10-14(13(16)3)11-15-7-6-9-17-4/h10,15H,5-9,11H2,1-4H3. The molecule has 1 heterocycles. The number of nitrogens with zero attached hydrogens (tertiary/aromatic N) is 1. The number of hydrogen-bond donors (Lipinski definition) is 1. The predicted octanol–water partition coefficient (Wildman–Crippen LogP) is 2.64. The third-order valence-electron chi connectivity index (χ3n) is 3.14. The summed E-state index contributed by atoms with van der Waals surface area (Å²) >= 11 is 0. The first kappa shape index (κ1) is 14.3. The van der Waals surface area contributed by atoms with Gasteiger partial charge in [0, 0.05) is 38.2 Å². The molecular formula is C14H26N2O. The van der Waals surface area contributed by atoms with Crippen molar-refractivity contribution in [3.8, 4) is 0 Å². The molecule has 0 aliphatic heterocycles. The summed E-state index contributed by atoms with van der Waals surface area (Å²) in [5.74, 6) is 0. The molecule has 0 aliphatic carbocycles. The van der Waals surface area contributed by atoms with Crippen LogP contribution in [0.2, 0.25) is 0 Å². The Morgan fingerprint density at radius 1 is 1.35 bits per heavy atom. The lowest BCUT2D eigenvalue weighted by Crippen LogP contribution is -2.16. The molecule has 0 spiro atoms. The maximum absolute atomic E-state index is 5.03. The van der Waals surface area contributed by atoms with Gasteiger partial charge in [-0.05, 0) is 44.9 Å². The summed E-state index contributed by atoms with van der Waals surface area (Å²) in [6.45, 7) is 10.6. The second-order valence-corrected chi connectivity index (χ2v) is 4.57. The first-order chi connectivity index (χ1) is 8.20. The molecular weight excluding hydrogens is 212 g/mol. The number of nitrogens with one attached hydrogen (secondary N) is 1. The molecule has 1 aromatic heterocycles. The zero-order valence-corrected chi connectivity index (χ0v) is 11.7. The van der Waals surface area contributed by atoms with E-state index in [2.05, 4.69) is 36.7 Å². The molecule has 0 saturated carbocycles. The van der Waals surface area contributed by atoms with Gasteiger partial charge in [-0.15, -0.1) is 0 Å². The Bertz CT molecular complexity index is 331. The van der Waals surface area contributed by atoms with Crippen LogP contribution in [0.1, 0.15) is 36.7 Å².